The quantitative estimate of drug-likeness (QED) is 0.736. The number of nitrogens with two attached hydrogens (primary N) is 1. The predicted octanol–water partition coefficient (Wildman–Crippen LogP) is 2.40. The summed E-state index contributed by atoms with van der Waals surface area (Å²) in [7, 11) is 0. The Kier molecular flexibility index (Phi) is 4.17. The number of hydrogen-bond donors (Lipinski definition) is 2. The molecule has 3 N–H and O–H groups in total. The van der Waals surface area contributed by atoms with Crippen LogP contribution in [0.5, 0.6) is 0 Å². The summed E-state index contributed by atoms with van der Waals surface area (Å²) in [5.41, 5.74) is 5.34. The lowest BCUT2D eigenvalue weighted by atomic mass is 9.67. The largest absolute Gasteiger partial charge is 0.388 e. The van der Waals surface area contributed by atoms with Crippen LogP contribution in [0.15, 0.2) is 0 Å². The van der Waals surface area contributed by atoms with Crippen LogP contribution in [-0.2, 0) is 0 Å². The lowest BCUT2D eigenvalue weighted by molar-refractivity contribution is -0.0930. The molecule has 2 heteroatoms. The first kappa shape index (κ1) is 13.9. The smallest absolute Gasteiger partial charge is 0.0848 e. The molecule has 2 nitrogen and oxygen atoms in total. The van der Waals surface area contributed by atoms with E-state index < -0.39 is 5.60 Å². The van der Waals surface area contributed by atoms with Crippen LogP contribution >= 0.6 is 0 Å². The summed E-state index contributed by atoms with van der Waals surface area (Å²) >= 11 is 0. The first-order valence-corrected chi connectivity index (χ1v) is 5.52. The third-order valence-corrected chi connectivity index (χ3v) is 3.28. The molecule has 0 bridgehead atoms. The van der Waals surface area contributed by atoms with Gasteiger partial charge in [-0.3, -0.25) is 0 Å². The van der Waals surface area contributed by atoms with E-state index in [1.165, 1.54) is 0 Å². The Morgan fingerprint density at radius 2 is 1.21 bits per heavy atom. The molecule has 0 rings (SSSR count). The average molecular weight is 201 g/mol. The molecule has 0 heterocycles. The lowest BCUT2D eigenvalue weighted by Gasteiger charge is -2.46. The zero-order valence-corrected chi connectivity index (χ0v) is 10.8. The van der Waals surface area contributed by atoms with Gasteiger partial charge < -0.3 is 10.8 Å². The van der Waals surface area contributed by atoms with E-state index >= 15 is 0 Å². The third-order valence-electron chi connectivity index (χ3n) is 3.28. The van der Waals surface area contributed by atoms with E-state index in [4.69, 9.17) is 5.73 Å². The number of aliphatic hydroxyl groups is 1. The maximum Gasteiger partial charge on any atom is 0.0848 e. The van der Waals surface area contributed by atoms with Crippen LogP contribution in [0.3, 0.4) is 0 Å². The fourth-order valence-electron chi connectivity index (χ4n) is 2.08. The normalized spacial score (nSPS) is 16.5. The highest BCUT2D eigenvalue weighted by molar-refractivity contribution is 4.99. The van der Waals surface area contributed by atoms with E-state index in [1.54, 1.807) is 0 Å². The van der Waals surface area contributed by atoms with Crippen molar-refractivity contribution in [3.63, 3.8) is 0 Å². The van der Waals surface area contributed by atoms with Gasteiger partial charge in [0.25, 0.3) is 0 Å². The Balaban J connectivity index is 5.03. The molecule has 0 radical (unpaired) electrons. The molecule has 0 spiro atoms. The Bertz CT molecular complexity index is 171. The van der Waals surface area contributed by atoms with Crippen molar-refractivity contribution in [1.82, 2.24) is 0 Å². The van der Waals surface area contributed by atoms with Gasteiger partial charge in [0, 0.05) is 6.04 Å². The van der Waals surface area contributed by atoms with Crippen molar-refractivity contribution >= 4 is 0 Å². The predicted molar refractivity (Wildman–Crippen MR) is 62.1 cm³/mol. The molecule has 0 saturated carbocycles. The van der Waals surface area contributed by atoms with Crippen molar-refractivity contribution in [2.45, 2.75) is 60.1 Å². The summed E-state index contributed by atoms with van der Waals surface area (Å²) in [5, 5.41) is 10.6. The molecule has 0 fully saturated rings. The molecular weight excluding hydrogens is 174 g/mol. The summed E-state index contributed by atoms with van der Waals surface area (Å²) in [6.07, 6.45) is 0. The maximum atomic E-state index is 10.6. The SMILES string of the molecule is CC(C)C(O)(C(C)C)C(N)C(C)(C)C. The first-order chi connectivity index (χ1) is 6.04. The number of rotatable bonds is 3. The summed E-state index contributed by atoms with van der Waals surface area (Å²) in [6, 6.07) is -0.199. The van der Waals surface area contributed by atoms with E-state index in [1.807, 2.05) is 27.7 Å². The van der Waals surface area contributed by atoms with E-state index in [0.29, 0.717) is 0 Å². The van der Waals surface area contributed by atoms with E-state index in [9.17, 15) is 5.11 Å². The van der Waals surface area contributed by atoms with Crippen LogP contribution in [0.1, 0.15) is 48.5 Å². The summed E-state index contributed by atoms with van der Waals surface area (Å²) in [4.78, 5) is 0. The Morgan fingerprint density at radius 3 is 1.29 bits per heavy atom. The van der Waals surface area contributed by atoms with E-state index in [-0.39, 0.29) is 23.3 Å². The highest BCUT2D eigenvalue weighted by Gasteiger charge is 2.45. The molecule has 1 unspecified atom stereocenters. The molecule has 0 aromatic carbocycles. The highest BCUT2D eigenvalue weighted by Crippen LogP contribution is 2.36. The molecule has 0 aliphatic carbocycles. The summed E-state index contributed by atoms with van der Waals surface area (Å²) in [6.45, 7) is 14.4. The van der Waals surface area contributed by atoms with Gasteiger partial charge in [0.2, 0.25) is 0 Å². The van der Waals surface area contributed by atoms with Crippen molar-refractivity contribution in [2.24, 2.45) is 23.0 Å². The van der Waals surface area contributed by atoms with Crippen LogP contribution in [0, 0.1) is 17.3 Å². The number of hydrogen-bond acceptors (Lipinski definition) is 2. The molecule has 0 amide bonds. The van der Waals surface area contributed by atoms with Crippen LogP contribution in [0.4, 0.5) is 0 Å². The fraction of sp³-hybridized carbons (Fsp3) is 1.00. The Hall–Kier alpha value is -0.0800. The Labute approximate surface area is 88.9 Å². The van der Waals surface area contributed by atoms with Crippen molar-refractivity contribution in [3.8, 4) is 0 Å². The standard InChI is InChI=1S/C12H27NO/c1-8(2)12(14,9(3)4)10(13)11(5,6)7/h8-10,14H,13H2,1-7H3. The topological polar surface area (TPSA) is 46.2 Å². The monoisotopic (exact) mass is 201 g/mol. The van der Waals surface area contributed by atoms with Gasteiger partial charge in [0.1, 0.15) is 0 Å². The van der Waals surface area contributed by atoms with Crippen LogP contribution in [0.2, 0.25) is 0 Å². The lowest BCUT2D eigenvalue weighted by Crippen LogP contribution is -2.60. The molecule has 1 atom stereocenters. The average Bonchev–Trinajstić information content (AvgIpc) is 1.99. The van der Waals surface area contributed by atoms with Gasteiger partial charge in [0.05, 0.1) is 5.60 Å². The molecule has 86 valence electrons. The van der Waals surface area contributed by atoms with Gasteiger partial charge in [-0.1, -0.05) is 48.5 Å². The van der Waals surface area contributed by atoms with Crippen molar-refractivity contribution < 1.29 is 5.11 Å². The van der Waals surface area contributed by atoms with Crippen molar-refractivity contribution in [3.05, 3.63) is 0 Å². The molecule has 0 aromatic heterocycles. The minimum absolute atomic E-state index is 0.0662. The molecule has 0 aliphatic heterocycles. The molecule has 0 aliphatic rings. The molecular formula is C12H27NO. The molecule has 0 aromatic rings. The Morgan fingerprint density at radius 1 is 0.929 bits per heavy atom. The van der Waals surface area contributed by atoms with Gasteiger partial charge in [0.15, 0.2) is 0 Å². The molecule has 0 saturated heterocycles. The van der Waals surface area contributed by atoms with Crippen molar-refractivity contribution in [2.75, 3.05) is 0 Å². The highest BCUT2D eigenvalue weighted by atomic mass is 16.3. The van der Waals surface area contributed by atoms with Gasteiger partial charge >= 0.3 is 0 Å². The van der Waals surface area contributed by atoms with Gasteiger partial charge in [-0.15, -0.1) is 0 Å². The zero-order valence-electron chi connectivity index (χ0n) is 10.8. The maximum absolute atomic E-state index is 10.6. The second-order valence-electron chi connectivity index (χ2n) is 6.04. The zero-order chi connectivity index (χ0) is 11.7. The van der Waals surface area contributed by atoms with E-state index in [2.05, 4.69) is 20.8 Å². The summed E-state index contributed by atoms with van der Waals surface area (Å²) in [5.74, 6) is 0.355. The van der Waals surface area contributed by atoms with Crippen LogP contribution in [0.25, 0.3) is 0 Å². The minimum Gasteiger partial charge on any atom is -0.388 e. The fourth-order valence-corrected chi connectivity index (χ4v) is 2.08. The third kappa shape index (κ3) is 2.48. The van der Waals surface area contributed by atoms with Gasteiger partial charge in [-0.05, 0) is 17.3 Å². The van der Waals surface area contributed by atoms with Crippen molar-refractivity contribution in [1.29, 1.82) is 0 Å². The second-order valence-corrected chi connectivity index (χ2v) is 6.04. The minimum atomic E-state index is -0.780. The van der Waals surface area contributed by atoms with Crippen LogP contribution < -0.4 is 5.73 Å². The second kappa shape index (κ2) is 4.19. The van der Waals surface area contributed by atoms with E-state index in [0.717, 1.165) is 0 Å². The van der Waals surface area contributed by atoms with Gasteiger partial charge in [-0.25, -0.2) is 0 Å². The first-order valence-electron chi connectivity index (χ1n) is 5.52. The van der Waals surface area contributed by atoms with Gasteiger partial charge in [-0.2, -0.15) is 0 Å². The summed E-state index contributed by atoms with van der Waals surface area (Å²) < 4.78 is 0. The molecule has 14 heavy (non-hydrogen) atoms. The van der Waals surface area contributed by atoms with Crippen LogP contribution in [-0.4, -0.2) is 16.7 Å².